The van der Waals surface area contributed by atoms with Gasteiger partial charge in [0.1, 0.15) is 5.52 Å². The Labute approximate surface area is 88.2 Å². The first kappa shape index (κ1) is 10.2. The molecule has 0 radical (unpaired) electrons. The minimum atomic E-state index is -0.761. The number of rotatable bonds is 0. The van der Waals surface area contributed by atoms with Crippen molar-refractivity contribution in [1.29, 1.82) is 0 Å². The highest BCUT2D eigenvalue weighted by Crippen LogP contribution is 2.07. The van der Waals surface area contributed by atoms with Gasteiger partial charge in [-0.15, -0.1) is 0 Å². The number of aryl methyl sites for hydroxylation is 1. The van der Waals surface area contributed by atoms with Crippen LogP contribution < -0.4 is 16.8 Å². The lowest BCUT2D eigenvalue weighted by Crippen LogP contribution is -2.38. The maximum atomic E-state index is 11.7. The molecule has 84 valence electrons. The van der Waals surface area contributed by atoms with Crippen LogP contribution in [0.1, 0.15) is 0 Å². The molecular weight excluding hydrogens is 214 g/mol. The maximum absolute atomic E-state index is 11.7. The Hall–Kier alpha value is -2.31. The number of aromatic hydroxyl groups is 1. The summed E-state index contributed by atoms with van der Waals surface area (Å²) in [6.45, 7) is 0. The van der Waals surface area contributed by atoms with Crippen LogP contribution in [0.15, 0.2) is 20.4 Å². The number of nitrogens with zero attached hydrogens (tertiary/aromatic N) is 2. The van der Waals surface area contributed by atoms with Crippen molar-refractivity contribution in [2.24, 2.45) is 14.1 Å². The smallest absolute Gasteiger partial charge is 0.331 e. The second-order valence-corrected chi connectivity index (χ2v) is 3.45. The zero-order chi connectivity index (χ0) is 12.0. The lowest BCUT2D eigenvalue weighted by molar-refractivity contribution is 0.467. The molecule has 16 heavy (non-hydrogen) atoms. The van der Waals surface area contributed by atoms with Gasteiger partial charge in [-0.25, -0.2) is 4.79 Å². The molecule has 2 aromatic heterocycles. The van der Waals surface area contributed by atoms with Gasteiger partial charge in [0, 0.05) is 20.2 Å². The summed E-state index contributed by atoms with van der Waals surface area (Å²) in [5.41, 5.74) is -1.71. The van der Waals surface area contributed by atoms with E-state index in [4.69, 9.17) is 0 Å². The topological polar surface area (TPSA) is 97.1 Å². The summed E-state index contributed by atoms with van der Waals surface area (Å²) in [7, 11) is 2.76. The van der Waals surface area contributed by atoms with Gasteiger partial charge in [0.15, 0.2) is 5.75 Å². The number of hydrogen-bond acceptors (Lipinski definition) is 4. The third-order valence-electron chi connectivity index (χ3n) is 2.45. The summed E-state index contributed by atoms with van der Waals surface area (Å²) in [6, 6.07) is 1.09. The van der Waals surface area contributed by atoms with Crippen LogP contribution in [0.5, 0.6) is 5.75 Å². The second-order valence-electron chi connectivity index (χ2n) is 3.45. The van der Waals surface area contributed by atoms with E-state index in [9.17, 15) is 19.5 Å². The van der Waals surface area contributed by atoms with Crippen LogP contribution >= 0.6 is 0 Å². The highest BCUT2D eigenvalue weighted by atomic mass is 16.3. The van der Waals surface area contributed by atoms with Gasteiger partial charge >= 0.3 is 5.69 Å². The van der Waals surface area contributed by atoms with Gasteiger partial charge in [0.05, 0.1) is 5.52 Å². The second kappa shape index (κ2) is 3.09. The zero-order valence-corrected chi connectivity index (χ0v) is 8.64. The van der Waals surface area contributed by atoms with E-state index < -0.39 is 22.6 Å². The monoisotopic (exact) mass is 223 g/mol. The Morgan fingerprint density at radius 1 is 1.19 bits per heavy atom. The number of pyridine rings is 1. The fraction of sp³-hybridized carbons (Fsp3) is 0.222. The summed E-state index contributed by atoms with van der Waals surface area (Å²) < 4.78 is 2.06. The van der Waals surface area contributed by atoms with Gasteiger partial charge in [-0.3, -0.25) is 18.7 Å². The highest BCUT2D eigenvalue weighted by molar-refractivity contribution is 5.74. The first-order valence-corrected chi connectivity index (χ1v) is 4.45. The number of nitrogens with one attached hydrogen (secondary N) is 1. The summed E-state index contributed by atoms with van der Waals surface area (Å²) in [4.78, 5) is 36.6. The minimum Gasteiger partial charge on any atom is -0.503 e. The van der Waals surface area contributed by atoms with Crippen molar-refractivity contribution in [1.82, 2.24) is 14.1 Å². The number of aromatic amines is 1. The van der Waals surface area contributed by atoms with Crippen LogP contribution in [0, 0.1) is 0 Å². The van der Waals surface area contributed by atoms with E-state index in [1.165, 1.54) is 18.7 Å². The SMILES string of the molecule is Cn1c(=O)c2[nH]c(=O)c(O)cc2n(C)c1=O. The molecule has 0 saturated carbocycles. The number of aromatic nitrogens is 3. The molecule has 0 aliphatic heterocycles. The van der Waals surface area contributed by atoms with Crippen molar-refractivity contribution in [3.8, 4) is 5.75 Å². The molecule has 7 heteroatoms. The van der Waals surface area contributed by atoms with Gasteiger partial charge in [0.25, 0.3) is 11.1 Å². The fourth-order valence-corrected chi connectivity index (χ4v) is 1.52. The van der Waals surface area contributed by atoms with Crippen molar-refractivity contribution in [2.75, 3.05) is 0 Å². The maximum Gasteiger partial charge on any atom is 0.331 e. The third kappa shape index (κ3) is 1.18. The van der Waals surface area contributed by atoms with E-state index in [0.29, 0.717) is 0 Å². The molecule has 0 bridgehead atoms. The summed E-state index contributed by atoms with van der Waals surface area (Å²) in [5.74, 6) is -0.532. The van der Waals surface area contributed by atoms with E-state index in [1.54, 1.807) is 0 Å². The van der Waals surface area contributed by atoms with E-state index in [2.05, 4.69) is 4.98 Å². The van der Waals surface area contributed by atoms with Crippen LogP contribution in [-0.4, -0.2) is 19.2 Å². The molecule has 2 rings (SSSR count). The average Bonchev–Trinajstić information content (AvgIpc) is 2.26. The fourth-order valence-electron chi connectivity index (χ4n) is 1.52. The van der Waals surface area contributed by atoms with Crippen LogP contribution in [-0.2, 0) is 14.1 Å². The quantitative estimate of drug-likeness (QED) is 0.575. The summed E-state index contributed by atoms with van der Waals surface area (Å²) >= 11 is 0. The lowest BCUT2D eigenvalue weighted by Gasteiger charge is -2.06. The lowest BCUT2D eigenvalue weighted by atomic mass is 10.3. The van der Waals surface area contributed by atoms with Crippen LogP contribution in [0.3, 0.4) is 0 Å². The number of H-pyrrole nitrogens is 1. The molecule has 0 aliphatic rings. The molecule has 2 N–H and O–H groups in total. The standard InChI is InChI=1S/C9H9N3O4/c1-11-4-3-5(13)7(14)10-6(4)8(15)12(2)9(11)16/h3,13H,1-2H3,(H,10,14). The molecule has 0 amide bonds. The van der Waals surface area contributed by atoms with Gasteiger partial charge in [-0.05, 0) is 0 Å². The van der Waals surface area contributed by atoms with Crippen molar-refractivity contribution in [3.05, 3.63) is 37.3 Å². The van der Waals surface area contributed by atoms with Crippen molar-refractivity contribution in [2.45, 2.75) is 0 Å². The van der Waals surface area contributed by atoms with Crippen LogP contribution in [0.4, 0.5) is 0 Å². The molecule has 0 saturated heterocycles. The Morgan fingerprint density at radius 3 is 2.44 bits per heavy atom. The zero-order valence-electron chi connectivity index (χ0n) is 8.64. The Morgan fingerprint density at radius 2 is 1.81 bits per heavy atom. The van der Waals surface area contributed by atoms with Crippen LogP contribution in [0.2, 0.25) is 0 Å². The van der Waals surface area contributed by atoms with Crippen LogP contribution in [0.25, 0.3) is 11.0 Å². The average molecular weight is 223 g/mol. The minimum absolute atomic E-state index is 0.00704. The predicted octanol–water partition coefficient (Wildman–Crippen LogP) is -1.37. The van der Waals surface area contributed by atoms with E-state index in [1.807, 2.05) is 0 Å². The molecule has 0 atom stereocenters. The van der Waals surface area contributed by atoms with E-state index in [0.717, 1.165) is 10.6 Å². The number of hydrogen-bond donors (Lipinski definition) is 2. The van der Waals surface area contributed by atoms with Gasteiger partial charge in [-0.2, -0.15) is 0 Å². The Balaban J connectivity index is 3.22. The largest absolute Gasteiger partial charge is 0.503 e. The normalized spacial score (nSPS) is 10.9. The Kier molecular flexibility index (Phi) is 1.97. The van der Waals surface area contributed by atoms with Crippen molar-refractivity contribution >= 4 is 11.0 Å². The molecule has 2 heterocycles. The van der Waals surface area contributed by atoms with Crippen molar-refractivity contribution < 1.29 is 5.11 Å². The third-order valence-corrected chi connectivity index (χ3v) is 2.45. The Bertz CT molecular complexity index is 750. The van der Waals surface area contributed by atoms with E-state index >= 15 is 0 Å². The molecule has 2 aromatic rings. The molecule has 7 nitrogen and oxygen atoms in total. The van der Waals surface area contributed by atoms with Gasteiger partial charge < -0.3 is 10.1 Å². The van der Waals surface area contributed by atoms with Gasteiger partial charge in [-0.1, -0.05) is 0 Å². The van der Waals surface area contributed by atoms with Crippen molar-refractivity contribution in [3.63, 3.8) is 0 Å². The summed E-state index contributed by atoms with van der Waals surface area (Å²) in [6.07, 6.45) is 0. The molecular formula is C9H9N3O4. The first-order valence-electron chi connectivity index (χ1n) is 4.45. The molecule has 0 aromatic carbocycles. The molecule has 0 unspecified atom stereocenters. The number of fused-ring (bicyclic) bond motifs is 1. The summed E-state index contributed by atoms with van der Waals surface area (Å²) in [5, 5.41) is 9.22. The first-order chi connectivity index (χ1) is 7.43. The van der Waals surface area contributed by atoms with Gasteiger partial charge in [0.2, 0.25) is 0 Å². The molecule has 0 fully saturated rings. The predicted molar refractivity (Wildman–Crippen MR) is 56.7 cm³/mol. The molecule has 0 spiro atoms. The van der Waals surface area contributed by atoms with E-state index in [-0.39, 0.29) is 11.0 Å². The molecule has 0 aliphatic carbocycles. The highest BCUT2D eigenvalue weighted by Gasteiger charge is 2.10.